The zero-order valence-corrected chi connectivity index (χ0v) is 8.95. The lowest BCUT2D eigenvalue weighted by molar-refractivity contribution is -0.131. The minimum absolute atomic E-state index is 0.0589. The summed E-state index contributed by atoms with van der Waals surface area (Å²) >= 11 is 0. The first kappa shape index (κ1) is 11.4. The largest absolute Gasteiger partial charge is 0.372 e. The predicted molar refractivity (Wildman–Crippen MR) is 53.7 cm³/mol. The summed E-state index contributed by atoms with van der Waals surface area (Å²) in [7, 11) is 2.08. The van der Waals surface area contributed by atoms with Gasteiger partial charge in [0, 0.05) is 32.8 Å². The summed E-state index contributed by atoms with van der Waals surface area (Å²) in [5.41, 5.74) is 2.82. The average Bonchev–Trinajstić information content (AvgIpc) is 2.18. The minimum atomic E-state index is -0.0589. The number of carbonyl (C=O) groups excluding carboxylic acids is 1. The molecule has 14 heavy (non-hydrogen) atoms. The van der Waals surface area contributed by atoms with Gasteiger partial charge in [0.25, 0.3) is 5.91 Å². The van der Waals surface area contributed by atoms with Gasteiger partial charge in [-0.3, -0.25) is 10.2 Å². The number of likely N-dealkylation sites (N-methyl/N-ethyl adjacent to an activating group) is 1. The molecule has 0 aromatic rings. The minimum Gasteiger partial charge on any atom is -0.372 e. The Kier molecular flexibility index (Phi) is 4.86. The number of hydrogen-bond donors (Lipinski definition) is 1. The van der Waals surface area contributed by atoms with E-state index in [0.717, 1.165) is 26.2 Å². The van der Waals surface area contributed by atoms with Gasteiger partial charge >= 0.3 is 0 Å². The summed E-state index contributed by atoms with van der Waals surface area (Å²) < 4.78 is 5.01. The molecule has 1 aliphatic heterocycles. The molecule has 5 heteroatoms. The molecule has 1 saturated heterocycles. The van der Waals surface area contributed by atoms with Crippen molar-refractivity contribution in [3.63, 3.8) is 0 Å². The highest BCUT2D eigenvalue weighted by atomic mass is 16.5. The Morgan fingerprint density at radius 2 is 2.00 bits per heavy atom. The first-order chi connectivity index (χ1) is 6.72. The van der Waals surface area contributed by atoms with Gasteiger partial charge in [0.05, 0.1) is 0 Å². The Balaban J connectivity index is 2.14. The van der Waals surface area contributed by atoms with Crippen molar-refractivity contribution in [2.75, 3.05) is 46.4 Å². The molecule has 5 nitrogen and oxygen atoms in total. The molecule has 0 radical (unpaired) electrons. The van der Waals surface area contributed by atoms with Crippen LogP contribution in [-0.2, 0) is 9.53 Å². The second-order valence-corrected chi connectivity index (χ2v) is 3.46. The third-order valence-electron chi connectivity index (χ3n) is 2.22. The topological polar surface area (TPSA) is 44.8 Å². The Morgan fingerprint density at radius 3 is 2.57 bits per heavy atom. The lowest BCUT2D eigenvalue weighted by Gasteiger charge is -2.32. The van der Waals surface area contributed by atoms with Crippen LogP contribution in [0.3, 0.4) is 0 Å². The number of piperazine rings is 1. The van der Waals surface area contributed by atoms with Crippen molar-refractivity contribution < 1.29 is 9.53 Å². The van der Waals surface area contributed by atoms with E-state index < -0.39 is 0 Å². The highest BCUT2D eigenvalue weighted by Gasteiger charge is 2.15. The quantitative estimate of drug-likeness (QED) is 0.653. The maximum Gasteiger partial charge on any atom is 0.260 e. The van der Waals surface area contributed by atoms with Gasteiger partial charge in [-0.15, -0.1) is 0 Å². The number of rotatable bonds is 4. The van der Waals surface area contributed by atoms with E-state index in [2.05, 4.69) is 17.4 Å². The molecule has 0 atom stereocenters. The van der Waals surface area contributed by atoms with Gasteiger partial charge in [0.2, 0.25) is 0 Å². The molecule has 1 fully saturated rings. The fourth-order valence-corrected chi connectivity index (χ4v) is 1.32. The van der Waals surface area contributed by atoms with E-state index in [0.29, 0.717) is 6.61 Å². The van der Waals surface area contributed by atoms with Crippen LogP contribution in [0.4, 0.5) is 0 Å². The van der Waals surface area contributed by atoms with Crippen molar-refractivity contribution in [1.82, 2.24) is 15.3 Å². The van der Waals surface area contributed by atoms with Crippen LogP contribution < -0.4 is 5.43 Å². The number of carbonyl (C=O) groups is 1. The van der Waals surface area contributed by atoms with Crippen molar-refractivity contribution in [2.24, 2.45) is 0 Å². The third-order valence-corrected chi connectivity index (χ3v) is 2.22. The molecular weight excluding hydrogens is 182 g/mol. The SMILES string of the molecule is CCOCC(=O)NN1CCN(C)CC1. The highest BCUT2D eigenvalue weighted by molar-refractivity contribution is 5.76. The summed E-state index contributed by atoms with van der Waals surface area (Å²) in [6.07, 6.45) is 0. The van der Waals surface area contributed by atoms with Gasteiger partial charge in [0.1, 0.15) is 6.61 Å². The zero-order chi connectivity index (χ0) is 10.4. The van der Waals surface area contributed by atoms with E-state index >= 15 is 0 Å². The number of hydrazine groups is 1. The molecule has 0 unspecified atom stereocenters. The lowest BCUT2D eigenvalue weighted by atomic mass is 10.4. The third kappa shape index (κ3) is 4.04. The Labute approximate surface area is 85.0 Å². The molecule has 1 N–H and O–H groups in total. The van der Waals surface area contributed by atoms with E-state index in [4.69, 9.17) is 4.74 Å². The smallest absolute Gasteiger partial charge is 0.260 e. The van der Waals surface area contributed by atoms with Crippen LogP contribution in [0.15, 0.2) is 0 Å². The Hall–Kier alpha value is -0.650. The monoisotopic (exact) mass is 201 g/mol. The molecule has 1 aliphatic rings. The first-order valence-corrected chi connectivity index (χ1v) is 5.03. The van der Waals surface area contributed by atoms with Gasteiger partial charge in [-0.1, -0.05) is 0 Å². The maximum atomic E-state index is 11.3. The van der Waals surface area contributed by atoms with Crippen LogP contribution in [0.1, 0.15) is 6.92 Å². The van der Waals surface area contributed by atoms with Crippen LogP contribution in [0.25, 0.3) is 0 Å². The van der Waals surface area contributed by atoms with Crippen LogP contribution in [0.2, 0.25) is 0 Å². The average molecular weight is 201 g/mol. The Morgan fingerprint density at radius 1 is 1.36 bits per heavy atom. The molecule has 0 bridgehead atoms. The summed E-state index contributed by atoms with van der Waals surface area (Å²) in [6.45, 7) is 6.37. The second-order valence-electron chi connectivity index (χ2n) is 3.46. The van der Waals surface area contributed by atoms with Gasteiger partial charge in [0.15, 0.2) is 0 Å². The standard InChI is InChI=1S/C9H19N3O2/c1-3-14-8-9(13)10-12-6-4-11(2)5-7-12/h3-8H2,1-2H3,(H,10,13). The molecule has 1 heterocycles. The van der Waals surface area contributed by atoms with Crippen LogP contribution in [0.5, 0.6) is 0 Å². The fraction of sp³-hybridized carbons (Fsp3) is 0.889. The number of nitrogens with one attached hydrogen (secondary N) is 1. The summed E-state index contributed by atoms with van der Waals surface area (Å²) in [5, 5.41) is 1.95. The molecule has 0 aromatic heterocycles. The fourth-order valence-electron chi connectivity index (χ4n) is 1.32. The predicted octanol–water partition coefficient (Wildman–Crippen LogP) is -0.698. The van der Waals surface area contributed by atoms with Crippen LogP contribution in [-0.4, -0.2) is 62.3 Å². The highest BCUT2D eigenvalue weighted by Crippen LogP contribution is 1.94. The number of hydrogen-bond acceptors (Lipinski definition) is 4. The van der Waals surface area contributed by atoms with Crippen molar-refractivity contribution in [3.8, 4) is 0 Å². The van der Waals surface area contributed by atoms with Crippen molar-refractivity contribution in [3.05, 3.63) is 0 Å². The molecule has 1 amide bonds. The molecular formula is C9H19N3O2. The maximum absolute atomic E-state index is 11.3. The zero-order valence-electron chi connectivity index (χ0n) is 8.95. The molecule has 82 valence electrons. The summed E-state index contributed by atoms with van der Waals surface area (Å²) in [6, 6.07) is 0. The van der Waals surface area contributed by atoms with Crippen LogP contribution >= 0.6 is 0 Å². The van der Waals surface area contributed by atoms with Gasteiger partial charge in [-0.05, 0) is 14.0 Å². The normalized spacial score (nSPS) is 19.6. The van der Waals surface area contributed by atoms with Crippen molar-refractivity contribution >= 4 is 5.91 Å². The molecule has 0 aromatic carbocycles. The molecule has 0 aliphatic carbocycles. The van der Waals surface area contributed by atoms with Gasteiger partial charge in [-0.25, -0.2) is 5.01 Å². The van der Waals surface area contributed by atoms with E-state index in [9.17, 15) is 4.79 Å². The number of amides is 1. The van der Waals surface area contributed by atoms with Crippen LogP contribution in [0, 0.1) is 0 Å². The second kappa shape index (κ2) is 5.95. The molecule has 1 rings (SSSR count). The van der Waals surface area contributed by atoms with E-state index in [1.54, 1.807) is 0 Å². The van der Waals surface area contributed by atoms with Gasteiger partial charge in [-0.2, -0.15) is 0 Å². The van der Waals surface area contributed by atoms with Gasteiger partial charge < -0.3 is 9.64 Å². The molecule has 0 saturated carbocycles. The number of ether oxygens (including phenoxy) is 1. The summed E-state index contributed by atoms with van der Waals surface area (Å²) in [4.78, 5) is 13.5. The van der Waals surface area contributed by atoms with E-state index in [1.807, 2.05) is 11.9 Å². The first-order valence-electron chi connectivity index (χ1n) is 5.03. The van der Waals surface area contributed by atoms with E-state index in [-0.39, 0.29) is 12.5 Å². The molecule has 0 spiro atoms. The van der Waals surface area contributed by atoms with Crippen molar-refractivity contribution in [1.29, 1.82) is 0 Å². The Bertz CT molecular complexity index is 179. The summed E-state index contributed by atoms with van der Waals surface area (Å²) in [5.74, 6) is -0.0589. The van der Waals surface area contributed by atoms with E-state index in [1.165, 1.54) is 0 Å². The number of nitrogens with zero attached hydrogens (tertiary/aromatic N) is 2. The van der Waals surface area contributed by atoms with Crippen molar-refractivity contribution in [2.45, 2.75) is 6.92 Å². The lowest BCUT2D eigenvalue weighted by Crippen LogP contribution is -2.53.